The minimum Gasteiger partial charge on any atom is -0.496 e. The van der Waals surface area contributed by atoms with Crippen molar-refractivity contribution in [2.45, 2.75) is 50.8 Å². The summed E-state index contributed by atoms with van der Waals surface area (Å²) in [6.45, 7) is 1.08. The zero-order valence-electron chi connectivity index (χ0n) is 14.4. The molecule has 1 atom stereocenters. The van der Waals surface area contributed by atoms with E-state index in [0.717, 1.165) is 22.0 Å². The summed E-state index contributed by atoms with van der Waals surface area (Å²) in [5.74, 6) is 1.46. The van der Waals surface area contributed by atoms with E-state index in [0.29, 0.717) is 24.9 Å². The SMILES string of the molecule is COc1ccc(OC)c2c1CN(C(=S)NC1CCCCC1)C[C@H]2O. The van der Waals surface area contributed by atoms with Crippen molar-refractivity contribution in [3.05, 3.63) is 23.3 Å². The van der Waals surface area contributed by atoms with E-state index in [-0.39, 0.29) is 0 Å². The molecule has 2 aliphatic rings. The highest BCUT2D eigenvalue weighted by Gasteiger charge is 2.31. The van der Waals surface area contributed by atoms with Gasteiger partial charge in [-0.05, 0) is 37.2 Å². The molecule has 132 valence electrons. The molecule has 0 aromatic heterocycles. The van der Waals surface area contributed by atoms with Crippen molar-refractivity contribution in [3.63, 3.8) is 0 Å². The van der Waals surface area contributed by atoms with E-state index in [1.807, 2.05) is 17.0 Å². The van der Waals surface area contributed by atoms with Gasteiger partial charge in [-0.3, -0.25) is 0 Å². The number of thiocarbonyl (C=S) groups is 1. The fourth-order valence-corrected chi connectivity index (χ4v) is 4.05. The van der Waals surface area contributed by atoms with Crippen LogP contribution in [0.5, 0.6) is 11.5 Å². The Labute approximate surface area is 148 Å². The minimum atomic E-state index is -0.648. The van der Waals surface area contributed by atoms with Gasteiger partial charge < -0.3 is 24.8 Å². The Morgan fingerprint density at radius 3 is 2.50 bits per heavy atom. The Morgan fingerprint density at radius 2 is 1.83 bits per heavy atom. The van der Waals surface area contributed by atoms with E-state index < -0.39 is 6.10 Å². The number of rotatable bonds is 3. The van der Waals surface area contributed by atoms with Crippen molar-refractivity contribution in [3.8, 4) is 11.5 Å². The smallest absolute Gasteiger partial charge is 0.169 e. The predicted octanol–water partition coefficient (Wildman–Crippen LogP) is 2.76. The van der Waals surface area contributed by atoms with Crippen LogP contribution in [0.4, 0.5) is 0 Å². The molecule has 6 heteroatoms. The molecule has 1 heterocycles. The fourth-order valence-electron chi connectivity index (χ4n) is 3.74. The standard InChI is InChI=1S/C18H26N2O3S/c1-22-15-8-9-16(23-2)17-13(15)10-20(11-14(17)21)18(24)19-12-6-4-3-5-7-12/h8-9,12,14,21H,3-7,10-11H2,1-2H3,(H,19,24)/t14-/m1/s1. The van der Waals surface area contributed by atoms with Crippen LogP contribution in [-0.2, 0) is 6.54 Å². The van der Waals surface area contributed by atoms with Gasteiger partial charge in [-0.15, -0.1) is 0 Å². The number of fused-ring (bicyclic) bond motifs is 1. The molecule has 0 bridgehead atoms. The van der Waals surface area contributed by atoms with Gasteiger partial charge in [-0.25, -0.2) is 0 Å². The average Bonchev–Trinajstić information content (AvgIpc) is 2.61. The highest BCUT2D eigenvalue weighted by molar-refractivity contribution is 7.80. The van der Waals surface area contributed by atoms with Crippen molar-refractivity contribution in [2.75, 3.05) is 20.8 Å². The molecule has 0 unspecified atom stereocenters. The fraction of sp³-hybridized carbons (Fsp3) is 0.611. The second kappa shape index (κ2) is 7.57. The van der Waals surface area contributed by atoms with Crippen LogP contribution in [0.2, 0.25) is 0 Å². The predicted molar refractivity (Wildman–Crippen MR) is 97.5 cm³/mol. The first-order valence-corrected chi connectivity index (χ1v) is 9.02. The Morgan fingerprint density at radius 1 is 1.17 bits per heavy atom. The molecule has 1 aliphatic carbocycles. The van der Waals surface area contributed by atoms with Gasteiger partial charge in [-0.1, -0.05) is 19.3 Å². The lowest BCUT2D eigenvalue weighted by molar-refractivity contribution is 0.121. The summed E-state index contributed by atoms with van der Waals surface area (Å²) in [4.78, 5) is 2.03. The van der Waals surface area contributed by atoms with Gasteiger partial charge in [0.2, 0.25) is 0 Å². The van der Waals surface area contributed by atoms with Crippen LogP contribution in [0.15, 0.2) is 12.1 Å². The van der Waals surface area contributed by atoms with Gasteiger partial charge in [0.25, 0.3) is 0 Å². The summed E-state index contributed by atoms with van der Waals surface area (Å²) >= 11 is 5.61. The molecule has 1 saturated carbocycles. The second-order valence-corrected chi connectivity index (χ2v) is 6.93. The van der Waals surface area contributed by atoms with Gasteiger partial charge in [0.15, 0.2) is 5.11 Å². The molecule has 2 N–H and O–H groups in total. The maximum Gasteiger partial charge on any atom is 0.169 e. The highest BCUT2D eigenvalue weighted by Crippen LogP contribution is 2.39. The number of hydrogen-bond donors (Lipinski definition) is 2. The first-order valence-electron chi connectivity index (χ1n) is 8.61. The molecule has 5 nitrogen and oxygen atoms in total. The monoisotopic (exact) mass is 350 g/mol. The molecule has 0 radical (unpaired) electrons. The summed E-state index contributed by atoms with van der Waals surface area (Å²) < 4.78 is 10.9. The summed E-state index contributed by atoms with van der Waals surface area (Å²) in [5.41, 5.74) is 1.76. The normalized spacial score (nSPS) is 21.1. The average molecular weight is 350 g/mol. The van der Waals surface area contributed by atoms with Crippen LogP contribution < -0.4 is 14.8 Å². The number of benzene rings is 1. The number of nitrogens with one attached hydrogen (secondary N) is 1. The van der Waals surface area contributed by atoms with Gasteiger partial charge in [-0.2, -0.15) is 0 Å². The molecular weight excluding hydrogens is 324 g/mol. The third kappa shape index (κ3) is 3.44. The lowest BCUT2D eigenvalue weighted by Crippen LogP contribution is -2.48. The van der Waals surface area contributed by atoms with Crippen molar-refractivity contribution < 1.29 is 14.6 Å². The lowest BCUT2D eigenvalue weighted by atomic mass is 9.94. The quantitative estimate of drug-likeness (QED) is 0.818. The van der Waals surface area contributed by atoms with Crippen molar-refractivity contribution in [2.24, 2.45) is 0 Å². The first-order chi connectivity index (χ1) is 11.6. The Hall–Kier alpha value is -1.53. The molecule has 1 fully saturated rings. The third-order valence-electron chi connectivity index (χ3n) is 5.01. The summed E-state index contributed by atoms with van der Waals surface area (Å²) in [6, 6.07) is 4.18. The minimum absolute atomic E-state index is 0.456. The Kier molecular flexibility index (Phi) is 5.46. The second-order valence-electron chi connectivity index (χ2n) is 6.54. The van der Waals surface area contributed by atoms with Crippen molar-refractivity contribution in [1.82, 2.24) is 10.2 Å². The van der Waals surface area contributed by atoms with E-state index in [1.54, 1.807) is 14.2 Å². The summed E-state index contributed by atoms with van der Waals surface area (Å²) in [5, 5.41) is 14.9. The number of hydrogen-bond acceptors (Lipinski definition) is 4. The Bertz CT molecular complexity index is 602. The summed E-state index contributed by atoms with van der Waals surface area (Å²) in [6.07, 6.45) is 5.53. The molecule has 1 aliphatic heterocycles. The number of β-amino-alcohol motifs (C(OH)–C–C–N with tert-alkyl or cyclic N) is 1. The molecule has 3 rings (SSSR count). The topological polar surface area (TPSA) is 54.0 Å². The molecular formula is C18H26N2O3S. The van der Waals surface area contributed by atoms with E-state index in [9.17, 15) is 5.11 Å². The van der Waals surface area contributed by atoms with Crippen LogP contribution in [0, 0.1) is 0 Å². The van der Waals surface area contributed by atoms with Gasteiger partial charge in [0.05, 0.1) is 20.8 Å². The van der Waals surface area contributed by atoms with Gasteiger partial charge in [0, 0.05) is 23.7 Å². The number of methoxy groups -OCH3 is 2. The largest absolute Gasteiger partial charge is 0.496 e. The van der Waals surface area contributed by atoms with E-state index in [4.69, 9.17) is 21.7 Å². The van der Waals surface area contributed by atoms with Crippen LogP contribution >= 0.6 is 12.2 Å². The van der Waals surface area contributed by atoms with Crippen molar-refractivity contribution in [1.29, 1.82) is 0 Å². The molecule has 24 heavy (non-hydrogen) atoms. The first kappa shape index (κ1) is 17.3. The van der Waals surface area contributed by atoms with Gasteiger partial charge in [0.1, 0.15) is 17.6 Å². The maximum absolute atomic E-state index is 10.7. The molecule has 1 aromatic carbocycles. The number of aliphatic hydroxyl groups excluding tert-OH is 1. The summed E-state index contributed by atoms with van der Waals surface area (Å²) in [7, 11) is 3.27. The van der Waals surface area contributed by atoms with Crippen LogP contribution in [-0.4, -0.2) is 41.9 Å². The third-order valence-corrected chi connectivity index (χ3v) is 5.39. The van der Waals surface area contributed by atoms with Gasteiger partial charge >= 0.3 is 0 Å². The lowest BCUT2D eigenvalue weighted by Gasteiger charge is -2.37. The van der Waals surface area contributed by atoms with Crippen LogP contribution in [0.1, 0.15) is 49.3 Å². The van der Waals surface area contributed by atoms with Crippen LogP contribution in [0.3, 0.4) is 0 Å². The zero-order valence-corrected chi connectivity index (χ0v) is 15.2. The van der Waals surface area contributed by atoms with E-state index in [2.05, 4.69) is 5.32 Å². The van der Waals surface area contributed by atoms with Crippen molar-refractivity contribution >= 4 is 17.3 Å². The van der Waals surface area contributed by atoms with Crippen LogP contribution in [0.25, 0.3) is 0 Å². The highest BCUT2D eigenvalue weighted by atomic mass is 32.1. The van der Waals surface area contributed by atoms with E-state index in [1.165, 1.54) is 32.1 Å². The maximum atomic E-state index is 10.7. The molecule has 1 aromatic rings. The molecule has 0 spiro atoms. The van der Waals surface area contributed by atoms with E-state index >= 15 is 0 Å². The Balaban J connectivity index is 1.79. The number of nitrogens with zero attached hydrogens (tertiary/aromatic N) is 1. The molecule has 0 saturated heterocycles. The zero-order chi connectivity index (χ0) is 17.1. The number of ether oxygens (including phenoxy) is 2. The molecule has 0 amide bonds. The number of aliphatic hydroxyl groups is 1.